The number of likely N-dealkylation sites (tertiary alicyclic amines) is 1. The highest BCUT2D eigenvalue weighted by molar-refractivity contribution is 5.83. The van der Waals surface area contributed by atoms with Crippen molar-refractivity contribution >= 4 is 12.0 Å². The highest BCUT2D eigenvalue weighted by Gasteiger charge is 2.37. The van der Waals surface area contributed by atoms with E-state index in [0.29, 0.717) is 13.0 Å². The predicted octanol–water partition coefficient (Wildman–Crippen LogP) is 0.422. The van der Waals surface area contributed by atoms with Crippen LogP contribution >= 0.6 is 0 Å². The third kappa shape index (κ3) is 2.52. The molecule has 1 heterocycles. The lowest BCUT2D eigenvalue weighted by Crippen LogP contribution is -2.53. The van der Waals surface area contributed by atoms with Gasteiger partial charge in [-0.15, -0.1) is 0 Å². The Morgan fingerprint density at radius 1 is 1.41 bits per heavy atom. The molecule has 0 bridgehead atoms. The Morgan fingerprint density at radius 3 is 2.71 bits per heavy atom. The highest BCUT2D eigenvalue weighted by atomic mass is 16.5. The number of carbonyl (C=O) groups excluding carboxylic acids is 1. The summed E-state index contributed by atoms with van der Waals surface area (Å²) in [4.78, 5) is 24.2. The van der Waals surface area contributed by atoms with Gasteiger partial charge in [0.2, 0.25) is 0 Å². The predicted molar refractivity (Wildman–Crippen MR) is 59.7 cm³/mol. The number of hydrogen-bond acceptors (Lipinski definition) is 3. The Hall–Kier alpha value is -1.30. The molecule has 96 valence electrons. The molecule has 6 nitrogen and oxygen atoms in total. The first-order chi connectivity index (χ1) is 8.11. The Bertz CT molecular complexity index is 315. The molecule has 0 spiro atoms. The van der Waals surface area contributed by atoms with Crippen molar-refractivity contribution in [3.05, 3.63) is 0 Å². The zero-order valence-corrected chi connectivity index (χ0v) is 9.89. The number of aliphatic carboxylic acids is 1. The minimum Gasteiger partial charge on any atom is -0.480 e. The molecule has 1 atom stereocenters. The van der Waals surface area contributed by atoms with Crippen molar-refractivity contribution in [2.24, 2.45) is 0 Å². The smallest absolute Gasteiger partial charge is 0.326 e. The summed E-state index contributed by atoms with van der Waals surface area (Å²) in [5.41, 5.74) is 0. The third-order valence-corrected chi connectivity index (χ3v) is 3.55. The van der Waals surface area contributed by atoms with Crippen LogP contribution in [0.3, 0.4) is 0 Å². The second-order valence-electron chi connectivity index (χ2n) is 4.67. The molecular formula is C11H18N2O4. The molecule has 1 saturated heterocycles. The topological polar surface area (TPSA) is 78.9 Å². The lowest BCUT2D eigenvalue weighted by atomic mass is 9.89. The Kier molecular flexibility index (Phi) is 3.51. The molecule has 0 aromatic rings. The van der Waals surface area contributed by atoms with Crippen molar-refractivity contribution in [2.45, 2.75) is 43.9 Å². The fourth-order valence-electron chi connectivity index (χ4n) is 2.40. The van der Waals surface area contributed by atoms with Gasteiger partial charge in [-0.1, -0.05) is 0 Å². The molecule has 0 aromatic heterocycles. The summed E-state index contributed by atoms with van der Waals surface area (Å²) in [7, 11) is 1.66. The van der Waals surface area contributed by atoms with Crippen molar-refractivity contribution in [3.8, 4) is 0 Å². The van der Waals surface area contributed by atoms with E-state index in [-0.39, 0.29) is 18.2 Å². The lowest BCUT2D eigenvalue weighted by Gasteiger charge is -2.36. The summed E-state index contributed by atoms with van der Waals surface area (Å²) in [6.07, 6.45) is 3.17. The Labute approximate surface area is 99.9 Å². The van der Waals surface area contributed by atoms with Gasteiger partial charge in [-0.25, -0.2) is 9.59 Å². The van der Waals surface area contributed by atoms with Crippen LogP contribution in [0.25, 0.3) is 0 Å². The Balaban J connectivity index is 1.82. The molecule has 2 amide bonds. The van der Waals surface area contributed by atoms with E-state index in [9.17, 15) is 9.59 Å². The van der Waals surface area contributed by atoms with E-state index < -0.39 is 12.0 Å². The number of nitrogens with zero attached hydrogens (tertiary/aromatic N) is 1. The number of carboxylic acids is 1. The average molecular weight is 242 g/mol. The van der Waals surface area contributed by atoms with Gasteiger partial charge in [0, 0.05) is 19.7 Å². The summed E-state index contributed by atoms with van der Waals surface area (Å²) in [6, 6.07) is -0.787. The first kappa shape index (κ1) is 12.2. The van der Waals surface area contributed by atoms with E-state index in [1.807, 2.05) is 0 Å². The average Bonchev–Trinajstić information content (AvgIpc) is 2.71. The van der Waals surface area contributed by atoms with Gasteiger partial charge in [-0.05, 0) is 25.7 Å². The van der Waals surface area contributed by atoms with Gasteiger partial charge in [0.25, 0.3) is 0 Å². The van der Waals surface area contributed by atoms with Crippen LogP contribution in [0.5, 0.6) is 0 Å². The number of carboxylic acid groups (broad SMARTS) is 1. The number of carbonyl (C=O) groups is 2. The number of nitrogens with one attached hydrogen (secondary N) is 1. The number of amides is 2. The number of hydrogen-bond donors (Lipinski definition) is 2. The number of ether oxygens (including phenoxy) is 1. The molecule has 6 heteroatoms. The van der Waals surface area contributed by atoms with E-state index in [4.69, 9.17) is 9.84 Å². The SMILES string of the molecule is COC1CC(NC(=O)N2CCC[C@@H]2C(=O)O)C1. The summed E-state index contributed by atoms with van der Waals surface area (Å²) in [5, 5.41) is 11.8. The maximum absolute atomic E-state index is 11.9. The first-order valence-electron chi connectivity index (χ1n) is 5.94. The van der Waals surface area contributed by atoms with Crippen LogP contribution in [0.4, 0.5) is 4.79 Å². The van der Waals surface area contributed by atoms with Gasteiger partial charge in [-0.2, -0.15) is 0 Å². The number of methoxy groups -OCH3 is 1. The quantitative estimate of drug-likeness (QED) is 0.752. The van der Waals surface area contributed by atoms with Crippen LogP contribution in [0.2, 0.25) is 0 Å². The van der Waals surface area contributed by atoms with Crippen LogP contribution in [-0.4, -0.2) is 53.8 Å². The molecular weight excluding hydrogens is 224 g/mol. The van der Waals surface area contributed by atoms with Crippen molar-refractivity contribution in [2.75, 3.05) is 13.7 Å². The molecule has 2 fully saturated rings. The van der Waals surface area contributed by atoms with Gasteiger partial charge in [0.05, 0.1) is 6.10 Å². The van der Waals surface area contributed by atoms with Gasteiger partial charge >= 0.3 is 12.0 Å². The summed E-state index contributed by atoms with van der Waals surface area (Å²) in [5.74, 6) is -0.916. The van der Waals surface area contributed by atoms with Crippen molar-refractivity contribution < 1.29 is 19.4 Å². The van der Waals surface area contributed by atoms with Crippen LogP contribution in [-0.2, 0) is 9.53 Å². The standard InChI is InChI=1S/C11H18N2O4/c1-17-8-5-7(6-8)12-11(16)13-4-2-3-9(13)10(14)15/h7-9H,2-6H2,1H3,(H,12,16)(H,14,15)/t7?,8?,9-/m1/s1. The molecule has 2 aliphatic rings. The van der Waals surface area contributed by atoms with Crippen molar-refractivity contribution in [3.63, 3.8) is 0 Å². The number of urea groups is 1. The van der Waals surface area contributed by atoms with Crippen LogP contribution < -0.4 is 5.32 Å². The minimum atomic E-state index is -0.916. The van der Waals surface area contributed by atoms with E-state index in [1.165, 1.54) is 4.90 Å². The third-order valence-electron chi connectivity index (χ3n) is 3.55. The minimum absolute atomic E-state index is 0.127. The Morgan fingerprint density at radius 2 is 2.12 bits per heavy atom. The van der Waals surface area contributed by atoms with E-state index in [1.54, 1.807) is 7.11 Å². The summed E-state index contributed by atoms with van der Waals surface area (Å²) >= 11 is 0. The fourth-order valence-corrected chi connectivity index (χ4v) is 2.40. The summed E-state index contributed by atoms with van der Waals surface area (Å²) in [6.45, 7) is 0.531. The molecule has 1 aliphatic carbocycles. The molecule has 1 aliphatic heterocycles. The van der Waals surface area contributed by atoms with Gasteiger partial charge in [0.1, 0.15) is 6.04 Å². The largest absolute Gasteiger partial charge is 0.480 e. The van der Waals surface area contributed by atoms with Crippen molar-refractivity contribution in [1.82, 2.24) is 10.2 Å². The fraction of sp³-hybridized carbons (Fsp3) is 0.818. The molecule has 1 saturated carbocycles. The van der Waals surface area contributed by atoms with Crippen molar-refractivity contribution in [1.29, 1.82) is 0 Å². The van der Waals surface area contributed by atoms with E-state index in [2.05, 4.69) is 5.32 Å². The molecule has 0 unspecified atom stereocenters. The second kappa shape index (κ2) is 4.91. The maximum Gasteiger partial charge on any atom is 0.326 e. The normalized spacial score (nSPS) is 32.1. The zero-order valence-electron chi connectivity index (χ0n) is 9.89. The maximum atomic E-state index is 11.9. The van der Waals surface area contributed by atoms with Crippen LogP contribution in [0.15, 0.2) is 0 Å². The highest BCUT2D eigenvalue weighted by Crippen LogP contribution is 2.24. The number of rotatable bonds is 3. The van der Waals surface area contributed by atoms with Gasteiger partial charge in [0.15, 0.2) is 0 Å². The molecule has 2 rings (SSSR count). The van der Waals surface area contributed by atoms with Crippen LogP contribution in [0.1, 0.15) is 25.7 Å². The van der Waals surface area contributed by atoms with Crippen LogP contribution in [0, 0.1) is 0 Å². The second-order valence-corrected chi connectivity index (χ2v) is 4.67. The lowest BCUT2D eigenvalue weighted by molar-refractivity contribution is -0.141. The zero-order chi connectivity index (χ0) is 12.4. The molecule has 17 heavy (non-hydrogen) atoms. The molecule has 0 aromatic carbocycles. The monoisotopic (exact) mass is 242 g/mol. The first-order valence-corrected chi connectivity index (χ1v) is 5.94. The summed E-state index contributed by atoms with van der Waals surface area (Å²) < 4.78 is 5.12. The molecule has 0 radical (unpaired) electrons. The van der Waals surface area contributed by atoms with E-state index in [0.717, 1.165) is 19.3 Å². The molecule has 2 N–H and O–H groups in total. The van der Waals surface area contributed by atoms with E-state index >= 15 is 0 Å². The van der Waals surface area contributed by atoms with Gasteiger partial charge in [-0.3, -0.25) is 0 Å². The van der Waals surface area contributed by atoms with Gasteiger partial charge < -0.3 is 20.1 Å².